The Balaban J connectivity index is 1.66. The van der Waals surface area contributed by atoms with Gasteiger partial charge in [-0.3, -0.25) is 0 Å². The molecule has 3 N–H and O–H groups in total. The second-order valence-corrected chi connectivity index (χ2v) is 5.28. The van der Waals surface area contributed by atoms with Crippen LogP contribution in [0.3, 0.4) is 0 Å². The van der Waals surface area contributed by atoms with Crippen molar-refractivity contribution in [1.82, 2.24) is 10.3 Å². The first-order valence-electron chi connectivity index (χ1n) is 6.85. The fourth-order valence-corrected chi connectivity index (χ4v) is 2.48. The molecule has 6 nitrogen and oxygen atoms in total. The van der Waals surface area contributed by atoms with E-state index in [1.165, 1.54) is 0 Å². The number of nitrogens with zero attached hydrogens (tertiary/aromatic N) is 2. The molecule has 110 valence electrons. The van der Waals surface area contributed by atoms with Crippen molar-refractivity contribution in [2.75, 3.05) is 13.2 Å². The lowest BCUT2D eigenvalue weighted by molar-refractivity contribution is 0.114. The van der Waals surface area contributed by atoms with Gasteiger partial charge in [-0.15, -0.1) is 10.2 Å². The molecule has 0 amide bonds. The van der Waals surface area contributed by atoms with Gasteiger partial charge in [0.25, 0.3) is 0 Å². The van der Waals surface area contributed by atoms with Crippen molar-refractivity contribution in [3.8, 4) is 5.88 Å². The first-order chi connectivity index (χ1) is 10.2. The number of H-pyrrole nitrogens is 1. The number of aromatic nitrogens is 1. The summed E-state index contributed by atoms with van der Waals surface area (Å²) in [6.07, 6.45) is 2.32. The molecule has 1 aromatic heterocycles. The zero-order valence-corrected chi connectivity index (χ0v) is 12.2. The molecule has 7 heteroatoms. The van der Waals surface area contributed by atoms with Crippen LogP contribution >= 0.6 is 12.2 Å². The molecule has 0 saturated carbocycles. The second kappa shape index (κ2) is 6.19. The summed E-state index contributed by atoms with van der Waals surface area (Å²) >= 11 is 5.11. The van der Waals surface area contributed by atoms with Gasteiger partial charge in [0.2, 0.25) is 11.0 Å². The largest absolute Gasteiger partial charge is 0.493 e. The van der Waals surface area contributed by atoms with Crippen molar-refractivity contribution in [3.63, 3.8) is 0 Å². The zero-order valence-electron chi connectivity index (χ0n) is 11.4. The van der Waals surface area contributed by atoms with Crippen LogP contribution in [0.15, 0.2) is 34.5 Å². The number of aromatic amines is 1. The van der Waals surface area contributed by atoms with Crippen LogP contribution in [0.2, 0.25) is 0 Å². The molecule has 1 aliphatic heterocycles. The molecule has 2 aromatic rings. The van der Waals surface area contributed by atoms with E-state index in [0.717, 1.165) is 30.4 Å². The summed E-state index contributed by atoms with van der Waals surface area (Å²) in [5.41, 5.74) is 1.20. The Labute approximate surface area is 127 Å². The summed E-state index contributed by atoms with van der Waals surface area (Å²) < 4.78 is 5.49. The van der Waals surface area contributed by atoms with Crippen LogP contribution in [0, 0.1) is 0 Å². The highest BCUT2D eigenvalue weighted by molar-refractivity contribution is 7.80. The molecule has 1 atom stereocenters. The van der Waals surface area contributed by atoms with Gasteiger partial charge in [-0.05, 0) is 31.1 Å². The maximum atomic E-state index is 9.86. The monoisotopic (exact) mass is 304 g/mol. The molecular weight excluding hydrogens is 288 g/mol. The number of rotatable bonds is 3. The van der Waals surface area contributed by atoms with E-state index in [4.69, 9.17) is 17.0 Å². The van der Waals surface area contributed by atoms with Gasteiger partial charge in [-0.2, -0.15) is 0 Å². The lowest BCUT2D eigenvalue weighted by atomic mass is 10.2. The van der Waals surface area contributed by atoms with Crippen LogP contribution in [0.1, 0.15) is 12.8 Å². The summed E-state index contributed by atoms with van der Waals surface area (Å²) in [4.78, 5) is 2.85. The van der Waals surface area contributed by atoms with Crippen molar-refractivity contribution >= 4 is 33.9 Å². The van der Waals surface area contributed by atoms with E-state index in [2.05, 4.69) is 20.5 Å². The molecule has 0 spiro atoms. The number of para-hydroxylation sites is 1. The summed E-state index contributed by atoms with van der Waals surface area (Å²) in [6, 6.07) is 7.49. The van der Waals surface area contributed by atoms with E-state index < -0.39 is 0 Å². The smallest absolute Gasteiger partial charge is 0.218 e. The van der Waals surface area contributed by atoms with Crippen LogP contribution in [0.25, 0.3) is 10.9 Å². The fraction of sp³-hybridized carbons (Fsp3) is 0.357. The minimum Gasteiger partial charge on any atom is -0.493 e. The maximum absolute atomic E-state index is 9.86. The lowest BCUT2D eigenvalue weighted by Gasteiger charge is -2.09. The number of hydrogen-bond acceptors (Lipinski definition) is 4. The van der Waals surface area contributed by atoms with Gasteiger partial charge in [0.05, 0.1) is 11.6 Å². The molecular formula is C14H16N4O2S. The van der Waals surface area contributed by atoms with E-state index >= 15 is 0 Å². The van der Waals surface area contributed by atoms with E-state index in [0.29, 0.717) is 12.2 Å². The summed E-state index contributed by atoms with van der Waals surface area (Å²) in [6.45, 7) is 1.45. The van der Waals surface area contributed by atoms with Gasteiger partial charge in [-0.1, -0.05) is 18.2 Å². The average Bonchev–Trinajstić information content (AvgIpc) is 3.10. The summed E-state index contributed by atoms with van der Waals surface area (Å²) in [5.74, 6) is -0.0122. The van der Waals surface area contributed by atoms with Gasteiger partial charge in [0, 0.05) is 18.5 Å². The highest BCUT2D eigenvalue weighted by Crippen LogP contribution is 2.35. The molecule has 1 unspecified atom stereocenters. The van der Waals surface area contributed by atoms with Crippen molar-refractivity contribution in [1.29, 1.82) is 0 Å². The Hall–Kier alpha value is -1.99. The number of azo groups is 1. The standard InChI is InChI=1S/C14H16N4O2S/c19-13-12(10-5-1-2-6-11(10)16-13)17-18-14(21)15-8-9-4-3-7-20-9/h1-2,5-6,9,16,19H,3-4,7-8H2,(H,15,21). The molecule has 0 aliphatic carbocycles. The minimum atomic E-state index is -0.0122. The Morgan fingerprint density at radius 3 is 3.14 bits per heavy atom. The van der Waals surface area contributed by atoms with Crippen molar-refractivity contribution in [2.45, 2.75) is 18.9 Å². The molecule has 0 radical (unpaired) electrons. The first kappa shape index (κ1) is 14.0. The number of benzene rings is 1. The van der Waals surface area contributed by atoms with E-state index in [1.54, 1.807) is 0 Å². The van der Waals surface area contributed by atoms with Crippen LogP contribution in [0.5, 0.6) is 5.88 Å². The number of aromatic hydroxyl groups is 1. The molecule has 1 saturated heterocycles. The number of nitrogens with one attached hydrogen (secondary N) is 2. The normalized spacial score (nSPS) is 18.6. The van der Waals surface area contributed by atoms with Crippen molar-refractivity contribution < 1.29 is 9.84 Å². The SMILES string of the molecule is Oc1[nH]c2ccccc2c1N=NC(=S)NCC1CCCO1. The quantitative estimate of drug-likeness (QED) is 0.601. The molecule has 3 rings (SSSR count). The highest BCUT2D eigenvalue weighted by Gasteiger charge is 2.15. The molecule has 0 bridgehead atoms. The molecule has 1 aromatic carbocycles. The van der Waals surface area contributed by atoms with Gasteiger partial charge in [0.15, 0.2) is 5.69 Å². The highest BCUT2D eigenvalue weighted by atomic mass is 32.1. The predicted octanol–water partition coefficient (Wildman–Crippen LogP) is 3.01. The Bertz CT molecular complexity index is 677. The number of hydrogen-bond donors (Lipinski definition) is 3. The number of ether oxygens (including phenoxy) is 1. The number of fused-ring (bicyclic) bond motifs is 1. The van der Waals surface area contributed by atoms with Crippen molar-refractivity contribution in [3.05, 3.63) is 24.3 Å². The van der Waals surface area contributed by atoms with E-state index in [-0.39, 0.29) is 17.1 Å². The Kier molecular flexibility index (Phi) is 4.12. The molecule has 2 heterocycles. The molecule has 21 heavy (non-hydrogen) atoms. The van der Waals surface area contributed by atoms with Gasteiger partial charge >= 0.3 is 0 Å². The Morgan fingerprint density at radius 2 is 2.33 bits per heavy atom. The van der Waals surface area contributed by atoms with Gasteiger partial charge in [0.1, 0.15) is 0 Å². The molecule has 1 fully saturated rings. The van der Waals surface area contributed by atoms with Crippen LogP contribution in [-0.2, 0) is 4.74 Å². The Morgan fingerprint density at radius 1 is 1.48 bits per heavy atom. The summed E-state index contributed by atoms with van der Waals surface area (Å²) in [7, 11) is 0. The van der Waals surface area contributed by atoms with Crippen LogP contribution in [0.4, 0.5) is 5.69 Å². The van der Waals surface area contributed by atoms with E-state index in [1.807, 2.05) is 24.3 Å². The lowest BCUT2D eigenvalue weighted by Crippen LogP contribution is -2.29. The van der Waals surface area contributed by atoms with Gasteiger partial charge in [-0.25, -0.2) is 0 Å². The van der Waals surface area contributed by atoms with Crippen molar-refractivity contribution in [2.24, 2.45) is 10.2 Å². The summed E-state index contributed by atoms with van der Waals surface area (Å²) in [5, 5.41) is 21.9. The molecule has 1 aliphatic rings. The second-order valence-electron chi connectivity index (χ2n) is 4.89. The van der Waals surface area contributed by atoms with Crippen LogP contribution < -0.4 is 5.32 Å². The third-order valence-corrected chi connectivity index (χ3v) is 3.63. The van der Waals surface area contributed by atoms with E-state index in [9.17, 15) is 5.11 Å². The minimum absolute atomic E-state index is 0.0122. The fourth-order valence-electron chi connectivity index (χ4n) is 2.35. The topological polar surface area (TPSA) is 82.0 Å². The zero-order chi connectivity index (χ0) is 14.7. The van der Waals surface area contributed by atoms with Gasteiger partial charge < -0.3 is 20.1 Å². The predicted molar refractivity (Wildman–Crippen MR) is 84.1 cm³/mol. The number of thiocarbonyl (C=S) groups is 1. The average molecular weight is 304 g/mol. The maximum Gasteiger partial charge on any atom is 0.218 e. The third kappa shape index (κ3) is 3.20. The van der Waals surface area contributed by atoms with Crippen LogP contribution in [-0.4, -0.2) is 34.5 Å². The first-order valence-corrected chi connectivity index (χ1v) is 7.25. The third-order valence-electron chi connectivity index (χ3n) is 3.41.